The molecule has 1 aromatic rings. The largest absolute Gasteiger partial charge is 0.370 e. The first-order valence-electron chi connectivity index (χ1n) is 6.01. The molecule has 0 aliphatic heterocycles. The van der Waals surface area contributed by atoms with Crippen molar-refractivity contribution in [2.24, 2.45) is 0 Å². The molecule has 0 bridgehead atoms. The number of aromatic nitrogens is 2. The average Bonchev–Trinajstić information content (AvgIpc) is 2.27. The number of rotatable bonds is 5. The van der Waals surface area contributed by atoms with Crippen LogP contribution in [0, 0.1) is 6.92 Å². The molecule has 0 aliphatic carbocycles. The topological polar surface area (TPSA) is 70.2 Å². The van der Waals surface area contributed by atoms with Gasteiger partial charge in [0.1, 0.15) is 23.5 Å². The highest BCUT2D eigenvalue weighted by Gasteiger charge is 2.15. The van der Waals surface area contributed by atoms with E-state index in [1.807, 2.05) is 20.8 Å². The van der Waals surface area contributed by atoms with E-state index in [1.54, 1.807) is 25.1 Å². The van der Waals surface area contributed by atoms with Gasteiger partial charge in [0.2, 0.25) is 5.91 Å². The van der Waals surface area contributed by atoms with Crippen molar-refractivity contribution in [3.05, 3.63) is 11.9 Å². The van der Waals surface area contributed by atoms with Gasteiger partial charge in [0.15, 0.2) is 0 Å². The van der Waals surface area contributed by atoms with Gasteiger partial charge in [-0.3, -0.25) is 4.79 Å². The van der Waals surface area contributed by atoms with E-state index in [4.69, 9.17) is 0 Å². The number of aryl methyl sites for hydroxylation is 1. The summed E-state index contributed by atoms with van der Waals surface area (Å²) in [5.74, 6) is 2.09. The highest BCUT2D eigenvalue weighted by atomic mass is 16.2. The van der Waals surface area contributed by atoms with Crippen LogP contribution in [0.4, 0.5) is 11.6 Å². The average molecular weight is 251 g/mol. The Bertz CT molecular complexity index is 419. The van der Waals surface area contributed by atoms with E-state index in [9.17, 15) is 4.79 Å². The third kappa shape index (κ3) is 3.87. The van der Waals surface area contributed by atoms with Crippen molar-refractivity contribution in [1.82, 2.24) is 14.9 Å². The molecule has 0 aromatic carbocycles. The number of carbonyl (C=O) groups excluding carboxylic acids is 1. The van der Waals surface area contributed by atoms with E-state index in [2.05, 4.69) is 20.6 Å². The highest BCUT2D eigenvalue weighted by Crippen LogP contribution is 2.12. The summed E-state index contributed by atoms with van der Waals surface area (Å²) in [4.78, 5) is 21.8. The third-order valence-corrected chi connectivity index (χ3v) is 2.37. The lowest BCUT2D eigenvalue weighted by atomic mass is 10.3. The summed E-state index contributed by atoms with van der Waals surface area (Å²) in [7, 11) is 3.46. The van der Waals surface area contributed by atoms with Crippen LogP contribution in [-0.2, 0) is 4.79 Å². The van der Waals surface area contributed by atoms with Gasteiger partial charge in [0.25, 0.3) is 0 Å². The fraction of sp³-hybridized carbons (Fsp3) is 0.583. The van der Waals surface area contributed by atoms with Crippen LogP contribution in [0.25, 0.3) is 0 Å². The Kier molecular flexibility index (Phi) is 4.88. The Morgan fingerprint density at radius 3 is 2.56 bits per heavy atom. The summed E-state index contributed by atoms with van der Waals surface area (Å²) in [5.41, 5.74) is 0. The predicted molar refractivity (Wildman–Crippen MR) is 72.7 cm³/mol. The molecule has 18 heavy (non-hydrogen) atoms. The number of nitrogens with zero attached hydrogens (tertiary/aromatic N) is 3. The van der Waals surface area contributed by atoms with Crippen molar-refractivity contribution in [3.63, 3.8) is 0 Å². The van der Waals surface area contributed by atoms with Crippen LogP contribution in [0.1, 0.15) is 19.7 Å². The maximum Gasteiger partial charge on any atom is 0.244 e. The van der Waals surface area contributed by atoms with Crippen LogP contribution in [0.2, 0.25) is 0 Å². The predicted octanol–water partition coefficient (Wildman–Crippen LogP) is 1.11. The first-order chi connectivity index (χ1) is 8.43. The Hall–Kier alpha value is -1.85. The Morgan fingerprint density at radius 2 is 2.00 bits per heavy atom. The van der Waals surface area contributed by atoms with E-state index in [0.29, 0.717) is 11.6 Å². The first-order valence-corrected chi connectivity index (χ1v) is 6.01. The SMILES string of the molecule is CCNc1cc(NC(C)C(=O)N(C)C)nc(C)n1. The van der Waals surface area contributed by atoms with Gasteiger partial charge in [0.05, 0.1) is 0 Å². The van der Waals surface area contributed by atoms with E-state index in [1.165, 1.54) is 0 Å². The van der Waals surface area contributed by atoms with Crippen LogP contribution in [0.3, 0.4) is 0 Å². The fourth-order valence-electron chi connectivity index (χ4n) is 1.58. The van der Waals surface area contributed by atoms with Gasteiger partial charge in [-0.25, -0.2) is 9.97 Å². The van der Waals surface area contributed by atoms with Crippen molar-refractivity contribution in [2.45, 2.75) is 26.8 Å². The third-order valence-electron chi connectivity index (χ3n) is 2.37. The molecule has 6 nitrogen and oxygen atoms in total. The number of hydrogen-bond donors (Lipinski definition) is 2. The minimum atomic E-state index is -0.316. The zero-order valence-electron chi connectivity index (χ0n) is 11.6. The molecule has 0 spiro atoms. The van der Waals surface area contributed by atoms with Gasteiger partial charge < -0.3 is 15.5 Å². The number of nitrogens with one attached hydrogen (secondary N) is 2. The van der Waals surface area contributed by atoms with E-state index >= 15 is 0 Å². The Morgan fingerprint density at radius 1 is 1.39 bits per heavy atom. The van der Waals surface area contributed by atoms with Crippen molar-refractivity contribution < 1.29 is 4.79 Å². The second-order valence-corrected chi connectivity index (χ2v) is 4.31. The summed E-state index contributed by atoms with van der Waals surface area (Å²) >= 11 is 0. The second-order valence-electron chi connectivity index (χ2n) is 4.31. The maximum atomic E-state index is 11.7. The van der Waals surface area contributed by atoms with Crippen molar-refractivity contribution in [1.29, 1.82) is 0 Å². The Balaban J connectivity index is 2.80. The van der Waals surface area contributed by atoms with Gasteiger partial charge in [-0.05, 0) is 20.8 Å². The van der Waals surface area contributed by atoms with Crippen LogP contribution >= 0.6 is 0 Å². The van der Waals surface area contributed by atoms with Gasteiger partial charge in [-0.15, -0.1) is 0 Å². The maximum absolute atomic E-state index is 11.7. The zero-order chi connectivity index (χ0) is 13.7. The molecule has 1 rings (SSSR count). The van der Waals surface area contributed by atoms with Gasteiger partial charge in [0, 0.05) is 26.7 Å². The van der Waals surface area contributed by atoms with Gasteiger partial charge in [-0.2, -0.15) is 0 Å². The number of likely N-dealkylation sites (N-methyl/N-ethyl adjacent to an activating group) is 1. The van der Waals surface area contributed by atoms with Crippen molar-refractivity contribution >= 4 is 17.5 Å². The number of anilines is 2. The molecule has 1 aromatic heterocycles. The van der Waals surface area contributed by atoms with Crippen LogP contribution in [0.15, 0.2) is 6.07 Å². The minimum absolute atomic E-state index is 0.0104. The summed E-state index contributed by atoms with van der Waals surface area (Å²) in [6, 6.07) is 1.49. The number of amides is 1. The summed E-state index contributed by atoms with van der Waals surface area (Å²) in [6.45, 7) is 6.43. The van der Waals surface area contributed by atoms with Crippen LogP contribution in [0.5, 0.6) is 0 Å². The summed E-state index contributed by atoms with van der Waals surface area (Å²) in [5, 5.41) is 6.21. The van der Waals surface area contributed by atoms with E-state index < -0.39 is 0 Å². The zero-order valence-corrected chi connectivity index (χ0v) is 11.6. The quantitative estimate of drug-likeness (QED) is 0.820. The molecule has 100 valence electrons. The van der Waals surface area contributed by atoms with E-state index in [0.717, 1.165) is 12.4 Å². The monoisotopic (exact) mass is 251 g/mol. The lowest BCUT2D eigenvalue weighted by Gasteiger charge is -2.18. The normalized spacial score (nSPS) is 11.8. The molecule has 6 heteroatoms. The molecule has 1 unspecified atom stereocenters. The Labute approximate surface area is 108 Å². The molecular weight excluding hydrogens is 230 g/mol. The molecule has 0 fully saturated rings. The van der Waals surface area contributed by atoms with Crippen molar-refractivity contribution in [3.8, 4) is 0 Å². The number of carbonyl (C=O) groups is 1. The molecule has 1 atom stereocenters. The van der Waals surface area contributed by atoms with Crippen LogP contribution in [-0.4, -0.2) is 47.5 Å². The minimum Gasteiger partial charge on any atom is -0.370 e. The molecular formula is C12H21N5O. The smallest absolute Gasteiger partial charge is 0.244 e. The molecule has 0 radical (unpaired) electrons. The first kappa shape index (κ1) is 14.2. The van der Waals surface area contributed by atoms with Crippen LogP contribution < -0.4 is 10.6 Å². The molecule has 1 amide bonds. The van der Waals surface area contributed by atoms with Gasteiger partial charge >= 0.3 is 0 Å². The molecule has 0 aliphatic rings. The highest BCUT2D eigenvalue weighted by molar-refractivity contribution is 5.83. The standard InChI is InChI=1S/C12H21N5O/c1-6-13-10-7-11(16-9(3)15-10)14-8(2)12(18)17(4)5/h7-8H,6H2,1-5H3,(H2,13,14,15,16). The molecule has 0 saturated carbocycles. The molecule has 1 heterocycles. The summed E-state index contributed by atoms with van der Waals surface area (Å²) < 4.78 is 0. The number of hydrogen-bond acceptors (Lipinski definition) is 5. The lowest BCUT2D eigenvalue weighted by molar-refractivity contribution is -0.129. The lowest BCUT2D eigenvalue weighted by Crippen LogP contribution is -2.36. The summed E-state index contributed by atoms with van der Waals surface area (Å²) in [6.07, 6.45) is 0. The second kappa shape index (κ2) is 6.18. The molecule has 2 N–H and O–H groups in total. The van der Waals surface area contributed by atoms with Crippen molar-refractivity contribution in [2.75, 3.05) is 31.3 Å². The molecule has 0 saturated heterocycles. The van der Waals surface area contributed by atoms with E-state index in [-0.39, 0.29) is 11.9 Å². The van der Waals surface area contributed by atoms with Gasteiger partial charge in [-0.1, -0.05) is 0 Å². The fourth-order valence-corrected chi connectivity index (χ4v) is 1.58.